The number of hydrogen-bond donors (Lipinski definition) is 2. The van der Waals surface area contributed by atoms with Gasteiger partial charge in [0.2, 0.25) is 0 Å². The van der Waals surface area contributed by atoms with E-state index in [1.807, 2.05) is 0 Å². The predicted molar refractivity (Wildman–Crippen MR) is 68.7 cm³/mol. The fraction of sp³-hybridized carbons (Fsp3) is 0.417. The highest BCUT2D eigenvalue weighted by Crippen LogP contribution is 2.29. The summed E-state index contributed by atoms with van der Waals surface area (Å²) < 4.78 is 0. The Balaban J connectivity index is 2.46. The molecule has 0 aromatic carbocycles. The molecule has 2 rings (SSSR count). The van der Waals surface area contributed by atoms with Crippen molar-refractivity contribution in [1.82, 2.24) is 10.2 Å². The van der Waals surface area contributed by atoms with Crippen LogP contribution in [0.15, 0.2) is 16.8 Å². The van der Waals surface area contributed by atoms with Gasteiger partial charge in [-0.3, -0.25) is 5.10 Å². The van der Waals surface area contributed by atoms with E-state index in [2.05, 4.69) is 40.9 Å². The topological polar surface area (TPSA) is 54.7 Å². The first kappa shape index (κ1) is 11.4. The Labute approximate surface area is 99.7 Å². The maximum atomic E-state index is 5.67. The molecule has 2 heterocycles. The third kappa shape index (κ3) is 2.03. The highest BCUT2D eigenvalue weighted by atomic mass is 32.1. The number of nitrogens with one attached hydrogen (secondary N) is 1. The van der Waals surface area contributed by atoms with E-state index in [1.54, 1.807) is 11.3 Å². The second-order valence-electron chi connectivity index (χ2n) is 4.17. The molecule has 0 spiro atoms. The van der Waals surface area contributed by atoms with Crippen LogP contribution in [-0.4, -0.2) is 16.7 Å². The number of H-pyrrole nitrogens is 1. The SMILES string of the molecule is CC(C)c1[nH]nc(-c2ccsc2)c1CCN. The minimum atomic E-state index is 0.460. The van der Waals surface area contributed by atoms with E-state index in [9.17, 15) is 0 Å². The smallest absolute Gasteiger partial charge is 0.0964 e. The standard InChI is InChI=1S/C12H17N3S/c1-8(2)11-10(3-5-13)12(15-14-11)9-4-6-16-7-9/h4,6-8H,3,5,13H2,1-2H3,(H,14,15). The molecule has 2 aromatic heterocycles. The van der Waals surface area contributed by atoms with Crippen LogP contribution < -0.4 is 5.73 Å². The molecule has 0 aliphatic rings. The predicted octanol–water partition coefficient (Wildman–Crippen LogP) is 2.76. The van der Waals surface area contributed by atoms with Crippen molar-refractivity contribution in [3.05, 3.63) is 28.1 Å². The Morgan fingerprint density at radius 2 is 2.31 bits per heavy atom. The van der Waals surface area contributed by atoms with Crippen molar-refractivity contribution in [3.8, 4) is 11.3 Å². The van der Waals surface area contributed by atoms with Gasteiger partial charge >= 0.3 is 0 Å². The van der Waals surface area contributed by atoms with E-state index in [4.69, 9.17) is 5.73 Å². The molecule has 0 aliphatic heterocycles. The normalized spacial score (nSPS) is 11.2. The number of rotatable bonds is 4. The lowest BCUT2D eigenvalue weighted by Crippen LogP contribution is -2.05. The number of nitrogens with zero attached hydrogens (tertiary/aromatic N) is 1. The van der Waals surface area contributed by atoms with Gasteiger partial charge in [-0.15, -0.1) is 0 Å². The molecular weight excluding hydrogens is 218 g/mol. The molecule has 16 heavy (non-hydrogen) atoms. The van der Waals surface area contributed by atoms with Crippen molar-refractivity contribution in [2.45, 2.75) is 26.2 Å². The van der Waals surface area contributed by atoms with E-state index in [1.165, 1.54) is 16.8 Å². The molecule has 0 bridgehead atoms. The van der Waals surface area contributed by atoms with Gasteiger partial charge in [0.1, 0.15) is 0 Å². The maximum Gasteiger partial charge on any atom is 0.0964 e. The minimum absolute atomic E-state index is 0.460. The lowest BCUT2D eigenvalue weighted by atomic mass is 9.99. The summed E-state index contributed by atoms with van der Waals surface area (Å²) in [7, 11) is 0. The summed E-state index contributed by atoms with van der Waals surface area (Å²) >= 11 is 1.69. The second kappa shape index (κ2) is 4.80. The highest BCUT2D eigenvalue weighted by Gasteiger charge is 2.16. The third-order valence-corrected chi connectivity index (χ3v) is 3.35. The summed E-state index contributed by atoms with van der Waals surface area (Å²) in [5.74, 6) is 0.460. The Morgan fingerprint density at radius 3 is 2.88 bits per heavy atom. The zero-order valence-corrected chi connectivity index (χ0v) is 10.5. The van der Waals surface area contributed by atoms with Crippen LogP contribution in [0.1, 0.15) is 31.0 Å². The summed E-state index contributed by atoms with van der Waals surface area (Å²) in [5.41, 5.74) is 10.4. The van der Waals surface area contributed by atoms with Gasteiger partial charge in [0.15, 0.2) is 0 Å². The molecule has 86 valence electrons. The summed E-state index contributed by atoms with van der Waals surface area (Å²) in [5, 5.41) is 11.8. The molecule has 0 saturated heterocycles. The summed E-state index contributed by atoms with van der Waals surface area (Å²) in [6.45, 7) is 5.01. The van der Waals surface area contributed by atoms with Gasteiger partial charge < -0.3 is 5.73 Å². The molecule has 0 saturated carbocycles. The van der Waals surface area contributed by atoms with E-state index in [0.29, 0.717) is 12.5 Å². The molecule has 3 nitrogen and oxygen atoms in total. The number of aromatic nitrogens is 2. The zero-order valence-electron chi connectivity index (χ0n) is 9.66. The van der Waals surface area contributed by atoms with Crippen molar-refractivity contribution in [1.29, 1.82) is 0 Å². The number of nitrogens with two attached hydrogens (primary N) is 1. The van der Waals surface area contributed by atoms with Crippen LogP contribution in [-0.2, 0) is 6.42 Å². The van der Waals surface area contributed by atoms with Crippen LogP contribution in [0, 0.1) is 0 Å². The van der Waals surface area contributed by atoms with Gasteiger partial charge in [-0.1, -0.05) is 13.8 Å². The fourth-order valence-corrected chi connectivity index (χ4v) is 2.53. The summed E-state index contributed by atoms with van der Waals surface area (Å²) in [4.78, 5) is 0. The number of aromatic amines is 1. The quantitative estimate of drug-likeness (QED) is 0.856. The van der Waals surface area contributed by atoms with E-state index >= 15 is 0 Å². The average Bonchev–Trinajstić information content (AvgIpc) is 2.84. The Kier molecular flexibility index (Phi) is 3.41. The van der Waals surface area contributed by atoms with Gasteiger partial charge in [0.05, 0.1) is 5.69 Å². The number of hydrogen-bond acceptors (Lipinski definition) is 3. The minimum Gasteiger partial charge on any atom is -0.330 e. The summed E-state index contributed by atoms with van der Waals surface area (Å²) in [6, 6.07) is 2.10. The lowest BCUT2D eigenvalue weighted by Gasteiger charge is -2.06. The van der Waals surface area contributed by atoms with Crippen molar-refractivity contribution >= 4 is 11.3 Å². The molecule has 3 N–H and O–H groups in total. The van der Waals surface area contributed by atoms with Crippen molar-refractivity contribution in [3.63, 3.8) is 0 Å². The highest BCUT2D eigenvalue weighted by molar-refractivity contribution is 7.08. The first-order chi connectivity index (χ1) is 7.74. The van der Waals surface area contributed by atoms with E-state index in [0.717, 1.165) is 12.1 Å². The van der Waals surface area contributed by atoms with Crippen LogP contribution in [0.3, 0.4) is 0 Å². The van der Waals surface area contributed by atoms with Crippen LogP contribution >= 0.6 is 11.3 Å². The molecule has 0 atom stereocenters. The molecule has 2 aromatic rings. The molecule has 4 heteroatoms. The Morgan fingerprint density at radius 1 is 1.50 bits per heavy atom. The number of thiophene rings is 1. The van der Waals surface area contributed by atoms with Gasteiger partial charge in [-0.05, 0) is 30.3 Å². The maximum absolute atomic E-state index is 5.67. The van der Waals surface area contributed by atoms with Gasteiger partial charge in [-0.25, -0.2) is 0 Å². The first-order valence-electron chi connectivity index (χ1n) is 5.53. The van der Waals surface area contributed by atoms with Crippen LogP contribution in [0.2, 0.25) is 0 Å². The largest absolute Gasteiger partial charge is 0.330 e. The molecular formula is C12H17N3S. The van der Waals surface area contributed by atoms with Gasteiger partial charge in [0.25, 0.3) is 0 Å². The molecule has 0 amide bonds. The molecule has 0 aliphatic carbocycles. The van der Waals surface area contributed by atoms with E-state index in [-0.39, 0.29) is 0 Å². The monoisotopic (exact) mass is 235 g/mol. The second-order valence-corrected chi connectivity index (χ2v) is 4.95. The molecule has 0 radical (unpaired) electrons. The first-order valence-corrected chi connectivity index (χ1v) is 6.48. The van der Waals surface area contributed by atoms with Crippen molar-refractivity contribution in [2.24, 2.45) is 5.73 Å². The molecule has 0 unspecified atom stereocenters. The van der Waals surface area contributed by atoms with Crippen LogP contribution in [0.25, 0.3) is 11.3 Å². The van der Waals surface area contributed by atoms with Crippen LogP contribution in [0.5, 0.6) is 0 Å². The van der Waals surface area contributed by atoms with Crippen LogP contribution in [0.4, 0.5) is 0 Å². The van der Waals surface area contributed by atoms with Crippen molar-refractivity contribution in [2.75, 3.05) is 6.54 Å². The van der Waals surface area contributed by atoms with E-state index < -0.39 is 0 Å². The molecule has 0 fully saturated rings. The third-order valence-electron chi connectivity index (χ3n) is 2.67. The zero-order chi connectivity index (χ0) is 11.5. The lowest BCUT2D eigenvalue weighted by molar-refractivity contribution is 0.791. The van der Waals surface area contributed by atoms with Crippen molar-refractivity contribution < 1.29 is 0 Å². The summed E-state index contributed by atoms with van der Waals surface area (Å²) in [6.07, 6.45) is 0.884. The Bertz CT molecular complexity index is 443. The fourth-order valence-electron chi connectivity index (χ4n) is 1.89. The van der Waals surface area contributed by atoms with Gasteiger partial charge in [-0.2, -0.15) is 16.4 Å². The average molecular weight is 235 g/mol. The van der Waals surface area contributed by atoms with Gasteiger partial charge in [0, 0.05) is 22.2 Å². The Hall–Kier alpha value is -1.13.